The number of hydrogen-bond donors (Lipinski definition) is 0. The maximum absolute atomic E-state index is 4.34. The van der Waals surface area contributed by atoms with Crippen LogP contribution in [0.15, 0.2) is 38.7 Å². The lowest BCUT2D eigenvalue weighted by molar-refractivity contribution is 0.846. The SMILES string of the molecule is CN=NCc1cccc(CN=NC)n1. The summed E-state index contributed by atoms with van der Waals surface area (Å²) < 4.78 is 0. The van der Waals surface area contributed by atoms with Gasteiger partial charge >= 0.3 is 0 Å². The van der Waals surface area contributed by atoms with Gasteiger partial charge in [0.05, 0.1) is 11.4 Å². The Kier molecular flexibility index (Phi) is 4.40. The molecular formula is C9H13N5. The third-order valence-corrected chi connectivity index (χ3v) is 1.61. The van der Waals surface area contributed by atoms with Gasteiger partial charge in [-0.05, 0) is 12.1 Å². The molecule has 1 aromatic heterocycles. The van der Waals surface area contributed by atoms with Crippen molar-refractivity contribution in [3.05, 3.63) is 29.6 Å². The van der Waals surface area contributed by atoms with Gasteiger partial charge in [-0.3, -0.25) is 4.98 Å². The molecule has 1 heterocycles. The molecule has 0 bridgehead atoms. The molecule has 5 heteroatoms. The molecule has 0 saturated carbocycles. The standard InChI is InChI=1S/C9H13N5/c1-10-12-6-8-4-3-5-9(14-8)7-13-11-2/h3-5H,6-7H2,1-2H3. The first kappa shape index (κ1) is 10.4. The van der Waals surface area contributed by atoms with Crippen LogP contribution in [0.5, 0.6) is 0 Å². The van der Waals surface area contributed by atoms with Crippen molar-refractivity contribution < 1.29 is 0 Å². The van der Waals surface area contributed by atoms with Gasteiger partial charge in [0, 0.05) is 14.1 Å². The molecule has 0 aromatic carbocycles. The van der Waals surface area contributed by atoms with Gasteiger partial charge in [-0.1, -0.05) is 6.07 Å². The van der Waals surface area contributed by atoms with Crippen LogP contribution in [0.1, 0.15) is 11.4 Å². The normalized spacial score (nSPS) is 11.6. The molecule has 0 atom stereocenters. The van der Waals surface area contributed by atoms with Gasteiger partial charge in [0.25, 0.3) is 0 Å². The van der Waals surface area contributed by atoms with Crippen LogP contribution in [-0.2, 0) is 13.1 Å². The molecule has 14 heavy (non-hydrogen) atoms. The highest BCUT2D eigenvalue weighted by atomic mass is 15.1. The zero-order chi connectivity index (χ0) is 10.2. The zero-order valence-electron chi connectivity index (χ0n) is 8.38. The van der Waals surface area contributed by atoms with E-state index < -0.39 is 0 Å². The van der Waals surface area contributed by atoms with Crippen molar-refractivity contribution in [1.29, 1.82) is 0 Å². The van der Waals surface area contributed by atoms with E-state index in [2.05, 4.69) is 25.4 Å². The number of rotatable bonds is 4. The van der Waals surface area contributed by atoms with E-state index in [1.165, 1.54) is 0 Å². The summed E-state index contributed by atoms with van der Waals surface area (Å²) in [5.74, 6) is 0. The minimum Gasteiger partial charge on any atom is -0.254 e. The summed E-state index contributed by atoms with van der Waals surface area (Å²) in [5, 5.41) is 15.1. The van der Waals surface area contributed by atoms with E-state index in [1.54, 1.807) is 14.1 Å². The van der Waals surface area contributed by atoms with Crippen molar-refractivity contribution in [3.8, 4) is 0 Å². The number of aromatic nitrogens is 1. The van der Waals surface area contributed by atoms with Crippen LogP contribution in [0.4, 0.5) is 0 Å². The quantitative estimate of drug-likeness (QED) is 0.673. The Morgan fingerprint density at radius 3 is 1.93 bits per heavy atom. The third kappa shape index (κ3) is 3.38. The van der Waals surface area contributed by atoms with Crippen LogP contribution in [0.3, 0.4) is 0 Å². The molecule has 5 nitrogen and oxygen atoms in total. The lowest BCUT2D eigenvalue weighted by Crippen LogP contribution is -1.92. The molecule has 1 rings (SSSR count). The van der Waals surface area contributed by atoms with Crippen molar-refractivity contribution in [2.24, 2.45) is 20.5 Å². The minimum absolute atomic E-state index is 0.521. The zero-order valence-corrected chi connectivity index (χ0v) is 8.38. The van der Waals surface area contributed by atoms with Crippen LogP contribution in [-0.4, -0.2) is 19.1 Å². The maximum Gasteiger partial charge on any atom is 0.102 e. The van der Waals surface area contributed by atoms with Crippen LogP contribution in [0.25, 0.3) is 0 Å². The molecule has 1 aromatic rings. The molecule has 0 aliphatic carbocycles. The lowest BCUT2D eigenvalue weighted by atomic mass is 10.3. The average Bonchev–Trinajstić information content (AvgIpc) is 2.24. The number of pyridine rings is 1. The molecule has 0 aliphatic rings. The fourth-order valence-electron chi connectivity index (χ4n) is 0.992. The van der Waals surface area contributed by atoms with Crippen LogP contribution in [0, 0.1) is 0 Å². The summed E-state index contributed by atoms with van der Waals surface area (Å²) in [7, 11) is 3.30. The summed E-state index contributed by atoms with van der Waals surface area (Å²) in [6.45, 7) is 1.04. The monoisotopic (exact) mass is 191 g/mol. The van der Waals surface area contributed by atoms with E-state index in [0.717, 1.165) is 11.4 Å². The third-order valence-electron chi connectivity index (χ3n) is 1.61. The van der Waals surface area contributed by atoms with E-state index in [0.29, 0.717) is 13.1 Å². The van der Waals surface area contributed by atoms with Gasteiger partial charge in [0.1, 0.15) is 13.1 Å². The van der Waals surface area contributed by atoms with E-state index in [4.69, 9.17) is 0 Å². The largest absolute Gasteiger partial charge is 0.254 e. The highest BCUT2D eigenvalue weighted by Crippen LogP contribution is 2.02. The van der Waals surface area contributed by atoms with E-state index >= 15 is 0 Å². The van der Waals surface area contributed by atoms with Gasteiger partial charge in [-0.25, -0.2) is 0 Å². The van der Waals surface area contributed by atoms with Gasteiger partial charge in [0.15, 0.2) is 0 Å². The molecule has 0 aliphatic heterocycles. The molecule has 0 N–H and O–H groups in total. The molecule has 0 saturated heterocycles. The number of nitrogens with zero attached hydrogens (tertiary/aromatic N) is 5. The summed E-state index contributed by atoms with van der Waals surface area (Å²) in [5.41, 5.74) is 1.80. The van der Waals surface area contributed by atoms with Gasteiger partial charge in [0.2, 0.25) is 0 Å². The maximum atomic E-state index is 4.34. The second-order valence-corrected chi connectivity index (χ2v) is 2.62. The van der Waals surface area contributed by atoms with E-state index in [9.17, 15) is 0 Å². The first-order chi connectivity index (χ1) is 6.86. The average molecular weight is 191 g/mol. The molecule has 0 amide bonds. The Bertz CT molecular complexity index is 302. The van der Waals surface area contributed by atoms with Crippen molar-refractivity contribution in [1.82, 2.24) is 4.98 Å². The summed E-state index contributed by atoms with van der Waals surface area (Å²) in [6.07, 6.45) is 0. The van der Waals surface area contributed by atoms with E-state index in [1.807, 2.05) is 18.2 Å². The van der Waals surface area contributed by atoms with Crippen LogP contribution >= 0.6 is 0 Å². The second kappa shape index (κ2) is 5.90. The molecule has 0 unspecified atom stereocenters. The molecule has 74 valence electrons. The predicted molar refractivity (Wildman–Crippen MR) is 53.2 cm³/mol. The predicted octanol–water partition coefficient (Wildman–Crippen LogP) is 2.25. The number of hydrogen-bond acceptors (Lipinski definition) is 5. The molecule has 0 fully saturated rings. The molecule has 0 spiro atoms. The Morgan fingerprint density at radius 1 is 1.00 bits per heavy atom. The topological polar surface area (TPSA) is 62.3 Å². The molecular weight excluding hydrogens is 178 g/mol. The molecule has 0 radical (unpaired) electrons. The highest BCUT2D eigenvalue weighted by Gasteiger charge is 1.95. The fourth-order valence-corrected chi connectivity index (χ4v) is 0.992. The Labute approximate surface area is 83.0 Å². The van der Waals surface area contributed by atoms with Crippen LogP contribution < -0.4 is 0 Å². The van der Waals surface area contributed by atoms with Crippen molar-refractivity contribution >= 4 is 0 Å². The van der Waals surface area contributed by atoms with Gasteiger partial charge in [-0.15, -0.1) is 0 Å². The minimum atomic E-state index is 0.521. The first-order valence-corrected chi connectivity index (χ1v) is 4.33. The van der Waals surface area contributed by atoms with Crippen molar-refractivity contribution in [2.45, 2.75) is 13.1 Å². The van der Waals surface area contributed by atoms with Gasteiger partial charge in [-0.2, -0.15) is 20.5 Å². The number of azo groups is 2. The van der Waals surface area contributed by atoms with Crippen molar-refractivity contribution in [3.63, 3.8) is 0 Å². The Hall–Kier alpha value is -1.65. The lowest BCUT2D eigenvalue weighted by Gasteiger charge is -1.98. The summed E-state index contributed by atoms with van der Waals surface area (Å²) >= 11 is 0. The fraction of sp³-hybridized carbons (Fsp3) is 0.444. The van der Waals surface area contributed by atoms with Crippen LogP contribution in [0.2, 0.25) is 0 Å². The summed E-state index contributed by atoms with van der Waals surface area (Å²) in [6, 6.07) is 5.77. The smallest absolute Gasteiger partial charge is 0.102 e. The Balaban J connectivity index is 2.68. The first-order valence-electron chi connectivity index (χ1n) is 4.33. The Morgan fingerprint density at radius 2 is 1.50 bits per heavy atom. The highest BCUT2D eigenvalue weighted by molar-refractivity contribution is 5.10. The summed E-state index contributed by atoms with van der Waals surface area (Å²) in [4.78, 5) is 4.34. The van der Waals surface area contributed by atoms with Crippen molar-refractivity contribution in [2.75, 3.05) is 14.1 Å². The second-order valence-electron chi connectivity index (χ2n) is 2.62. The van der Waals surface area contributed by atoms with E-state index in [-0.39, 0.29) is 0 Å². The van der Waals surface area contributed by atoms with Gasteiger partial charge < -0.3 is 0 Å².